The minimum atomic E-state index is -0.553. The van der Waals surface area contributed by atoms with Crippen LogP contribution in [0.1, 0.15) is 11.1 Å². The lowest BCUT2D eigenvalue weighted by atomic mass is 10.1. The Morgan fingerprint density at radius 3 is 2.67 bits per heavy atom. The monoisotopic (exact) mass is 292 g/mol. The van der Waals surface area contributed by atoms with E-state index in [1.165, 1.54) is 6.07 Å². The van der Waals surface area contributed by atoms with Crippen molar-refractivity contribution in [2.45, 2.75) is 19.9 Å². The van der Waals surface area contributed by atoms with Crippen LogP contribution < -0.4 is 16.0 Å². The third-order valence-corrected chi connectivity index (χ3v) is 3.33. The molecule has 1 fully saturated rings. The Bertz CT molecular complexity index is 604. The van der Waals surface area contributed by atoms with Crippen molar-refractivity contribution < 1.29 is 14.5 Å². The van der Waals surface area contributed by atoms with Gasteiger partial charge in [0.25, 0.3) is 5.69 Å². The summed E-state index contributed by atoms with van der Waals surface area (Å²) in [4.78, 5) is 33.6. The summed E-state index contributed by atoms with van der Waals surface area (Å²) in [6.45, 7) is 3.68. The molecule has 1 atom stereocenters. The van der Waals surface area contributed by atoms with Crippen molar-refractivity contribution >= 4 is 23.2 Å². The van der Waals surface area contributed by atoms with Crippen LogP contribution in [0.5, 0.6) is 0 Å². The van der Waals surface area contributed by atoms with Gasteiger partial charge in [-0.3, -0.25) is 25.0 Å². The van der Waals surface area contributed by atoms with Crippen molar-refractivity contribution in [1.29, 1.82) is 0 Å². The molecule has 8 nitrogen and oxygen atoms in total. The highest BCUT2D eigenvalue weighted by atomic mass is 16.6. The van der Waals surface area contributed by atoms with Gasteiger partial charge in [0.05, 0.1) is 17.2 Å². The average Bonchev–Trinajstić information content (AvgIpc) is 2.42. The van der Waals surface area contributed by atoms with Crippen LogP contribution in [-0.4, -0.2) is 35.9 Å². The molecule has 1 unspecified atom stereocenters. The molecule has 1 aliphatic rings. The van der Waals surface area contributed by atoms with Crippen LogP contribution in [0, 0.1) is 24.0 Å². The molecule has 3 N–H and O–H groups in total. The molecule has 1 saturated heterocycles. The van der Waals surface area contributed by atoms with Crippen LogP contribution in [0.25, 0.3) is 0 Å². The molecule has 0 aromatic heterocycles. The highest BCUT2D eigenvalue weighted by molar-refractivity contribution is 5.97. The summed E-state index contributed by atoms with van der Waals surface area (Å²) in [5, 5.41) is 19.0. The van der Waals surface area contributed by atoms with Gasteiger partial charge in [-0.2, -0.15) is 0 Å². The number of nitro groups is 1. The van der Waals surface area contributed by atoms with Crippen molar-refractivity contribution in [1.82, 2.24) is 10.6 Å². The third kappa shape index (κ3) is 3.34. The Morgan fingerprint density at radius 1 is 1.38 bits per heavy atom. The molecule has 1 aliphatic heterocycles. The van der Waals surface area contributed by atoms with Gasteiger partial charge in [0.15, 0.2) is 0 Å². The Balaban J connectivity index is 2.15. The number of anilines is 1. The number of piperazine rings is 1. The quantitative estimate of drug-likeness (QED) is 0.545. The molecule has 0 aliphatic carbocycles. The number of aryl methyl sites for hydroxylation is 2. The van der Waals surface area contributed by atoms with Gasteiger partial charge in [-0.25, -0.2) is 0 Å². The molecule has 0 radical (unpaired) electrons. The van der Waals surface area contributed by atoms with Gasteiger partial charge in [-0.1, -0.05) is 0 Å². The zero-order valence-corrected chi connectivity index (χ0v) is 11.7. The van der Waals surface area contributed by atoms with E-state index in [4.69, 9.17) is 0 Å². The molecule has 0 saturated carbocycles. The minimum absolute atomic E-state index is 0.0409. The average molecular weight is 292 g/mol. The summed E-state index contributed by atoms with van der Waals surface area (Å²) < 4.78 is 0. The number of hydrogen-bond acceptors (Lipinski definition) is 5. The molecule has 21 heavy (non-hydrogen) atoms. The van der Waals surface area contributed by atoms with Gasteiger partial charge in [0.1, 0.15) is 6.04 Å². The number of amides is 2. The number of nitrogens with zero attached hydrogens (tertiary/aromatic N) is 1. The maximum atomic E-state index is 12.1. The van der Waals surface area contributed by atoms with Gasteiger partial charge in [0, 0.05) is 18.2 Å². The van der Waals surface area contributed by atoms with Crippen LogP contribution in [0.3, 0.4) is 0 Å². The fourth-order valence-electron chi connectivity index (χ4n) is 2.14. The van der Waals surface area contributed by atoms with Crippen LogP contribution in [0.15, 0.2) is 12.1 Å². The molecule has 0 spiro atoms. The molecule has 1 aromatic rings. The van der Waals surface area contributed by atoms with Crippen LogP contribution >= 0.6 is 0 Å². The summed E-state index contributed by atoms with van der Waals surface area (Å²) in [5.74, 6) is -0.502. The number of rotatable bonds is 3. The lowest BCUT2D eigenvalue weighted by Crippen LogP contribution is -2.56. The van der Waals surface area contributed by atoms with Gasteiger partial charge in [-0.05, 0) is 25.5 Å². The zero-order chi connectivity index (χ0) is 15.6. The first-order valence-corrected chi connectivity index (χ1v) is 6.45. The molecule has 1 aromatic carbocycles. The van der Waals surface area contributed by atoms with E-state index in [1.54, 1.807) is 19.9 Å². The third-order valence-electron chi connectivity index (χ3n) is 3.33. The molecule has 2 rings (SSSR count). The van der Waals surface area contributed by atoms with Crippen molar-refractivity contribution in [3.63, 3.8) is 0 Å². The normalized spacial score (nSPS) is 18.0. The zero-order valence-electron chi connectivity index (χ0n) is 11.7. The second kappa shape index (κ2) is 5.88. The molecular weight excluding hydrogens is 276 g/mol. The Kier molecular flexibility index (Phi) is 4.18. The number of nitro benzene ring substituents is 1. The number of nitrogens with one attached hydrogen (secondary N) is 3. The van der Waals surface area contributed by atoms with E-state index in [2.05, 4.69) is 16.0 Å². The first kappa shape index (κ1) is 14.9. The Morgan fingerprint density at radius 2 is 2.10 bits per heavy atom. The highest BCUT2D eigenvalue weighted by Gasteiger charge is 2.24. The highest BCUT2D eigenvalue weighted by Crippen LogP contribution is 2.26. The summed E-state index contributed by atoms with van der Waals surface area (Å²) in [5.41, 5.74) is 1.64. The van der Waals surface area contributed by atoms with Crippen molar-refractivity contribution in [2.24, 2.45) is 0 Å². The second-order valence-corrected chi connectivity index (χ2v) is 4.94. The van der Waals surface area contributed by atoms with E-state index in [0.29, 0.717) is 11.3 Å². The number of hydrogen-bond donors (Lipinski definition) is 3. The largest absolute Gasteiger partial charge is 0.353 e. The molecule has 112 valence electrons. The van der Waals surface area contributed by atoms with Gasteiger partial charge >= 0.3 is 0 Å². The Hall–Kier alpha value is -2.48. The lowest BCUT2D eigenvalue weighted by molar-refractivity contribution is -0.385. The van der Waals surface area contributed by atoms with Gasteiger partial charge < -0.3 is 10.6 Å². The standard InChI is InChI=1S/C13H16N4O4/c1-7-3-8(2)11(17(20)21)4-9(7)16-13(19)10-5-15-12(18)6-14-10/h3-4,10,14H,5-6H2,1-2H3,(H,15,18)(H,16,19). The fourth-order valence-corrected chi connectivity index (χ4v) is 2.14. The van der Waals surface area contributed by atoms with E-state index in [9.17, 15) is 19.7 Å². The molecule has 8 heteroatoms. The number of benzene rings is 1. The summed E-state index contributed by atoms with van der Waals surface area (Å²) in [7, 11) is 0. The predicted molar refractivity (Wildman–Crippen MR) is 76.0 cm³/mol. The van der Waals surface area contributed by atoms with Crippen LogP contribution in [-0.2, 0) is 9.59 Å². The first-order chi connectivity index (χ1) is 9.88. The SMILES string of the molecule is Cc1cc(C)c([N+](=O)[O-])cc1NC(=O)C1CNC(=O)CN1. The summed E-state index contributed by atoms with van der Waals surface area (Å²) in [6, 6.07) is 2.45. The topological polar surface area (TPSA) is 113 Å². The summed E-state index contributed by atoms with van der Waals surface area (Å²) in [6.07, 6.45) is 0. The second-order valence-electron chi connectivity index (χ2n) is 4.94. The molecular formula is C13H16N4O4. The van der Waals surface area contributed by atoms with Gasteiger partial charge in [0.2, 0.25) is 11.8 Å². The van der Waals surface area contributed by atoms with Crippen LogP contribution in [0.2, 0.25) is 0 Å². The number of carbonyl (C=O) groups excluding carboxylic acids is 2. The summed E-state index contributed by atoms with van der Waals surface area (Å²) >= 11 is 0. The number of carbonyl (C=O) groups is 2. The molecule has 0 bridgehead atoms. The van der Waals surface area contributed by atoms with E-state index < -0.39 is 11.0 Å². The van der Waals surface area contributed by atoms with Gasteiger partial charge in [-0.15, -0.1) is 0 Å². The molecule has 2 amide bonds. The fraction of sp³-hybridized carbons (Fsp3) is 0.385. The minimum Gasteiger partial charge on any atom is -0.353 e. The lowest BCUT2D eigenvalue weighted by Gasteiger charge is -2.23. The van der Waals surface area contributed by atoms with Crippen molar-refractivity contribution in [3.05, 3.63) is 33.4 Å². The van der Waals surface area contributed by atoms with E-state index in [-0.39, 0.29) is 30.6 Å². The Labute approximate surface area is 121 Å². The maximum absolute atomic E-state index is 12.1. The van der Waals surface area contributed by atoms with Crippen molar-refractivity contribution in [3.8, 4) is 0 Å². The van der Waals surface area contributed by atoms with Crippen LogP contribution in [0.4, 0.5) is 11.4 Å². The predicted octanol–water partition coefficient (Wildman–Crippen LogP) is 0.238. The van der Waals surface area contributed by atoms with E-state index >= 15 is 0 Å². The maximum Gasteiger partial charge on any atom is 0.274 e. The molecule has 1 heterocycles. The van der Waals surface area contributed by atoms with Crippen molar-refractivity contribution in [2.75, 3.05) is 18.4 Å². The first-order valence-electron chi connectivity index (χ1n) is 6.45. The smallest absolute Gasteiger partial charge is 0.274 e. The van der Waals surface area contributed by atoms with E-state index in [0.717, 1.165) is 5.56 Å². The van der Waals surface area contributed by atoms with E-state index in [1.807, 2.05) is 0 Å².